The Labute approximate surface area is 130 Å². The maximum Gasteiger partial charge on any atom is 0.224 e. The summed E-state index contributed by atoms with van der Waals surface area (Å²) in [5, 5.41) is 3.37. The first-order chi connectivity index (χ1) is 9.77. The molecule has 1 aromatic carbocycles. The Bertz CT molecular complexity index is 644. The van der Waals surface area contributed by atoms with Gasteiger partial charge >= 0.3 is 0 Å². The number of carbonyl (C=O) groups is 1. The molecule has 1 atom stereocenters. The minimum Gasteiger partial charge on any atom is -0.376 e. The van der Waals surface area contributed by atoms with Gasteiger partial charge in [0.25, 0.3) is 0 Å². The van der Waals surface area contributed by atoms with Gasteiger partial charge in [0.15, 0.2) is 9.84 Å². The molecule has 1 aromatic rings. The van der Waals surface area contributed by atoms with Gasteiger partial charge in [-0.15, -0.1) is 0 Å². The Hall–Kier alpha value is -1.27. The molecule has 0 radical (unpaired) electrons. The molecular formula is C14H19ClN2O3S. The van der Waals surface area contributed by atoms with Gasteiger partial charge in [-0.25, -0.2) is 8.42 Å². The van der Waals surface area contributed by atoms with Crippen LogP contribution in [0.3, 0.4) is 0 Å². The molecule has 0 aliphatic carbocycles. The third-order valence-corrected chi connectivity index (χ3v) is 5.59. The Balaban J connectivity index is 2.04. The van der Waals surface area contributed by atoms with Crippen LogP contribution in [-0.4, -0.2) is 39.9 Å². The first-order valence-electron chi connectivity index (χ1n) is 6.74. The van der Waals surface area contributed by atoms with E-state index in [1.54, 1.807) is 12.1 Å². The number of hydrogen-bond donors (Lipinski definition) is 1. The monoisotopic (exact) mass is 330 g/mol. The maximum absolute atomic E-state index is 12.1. The van der Waals surface area contributed by atoms with Gasteiger partial charge in [-0.3, -0.25) is 4.79 Å². The first-order valence-corrected chi connectivity index (χ1v) is 8.94. The smallest absolute Gasteiger partial charge is 0.224 e. The highest BCUT2D eigenvalue weighted by molar-refractivity contribution is 7.91. The molecule has 116 valence electrons. The van der Waals surface area contributed by atoms with Gasteiger partial charge in [0.05, 0.1) is 22.9 Å². The van der Waals surface area contributed by atoms with Crippen LogP contribution in [0.4, 0.5) is 11.4 Å². The lowest BCUT2D eigenvalue weighted by atomic mass is 10.0. The molecule has 1 fully saturated rings. The summed E-state index contributed by atoms with van der Waals surface area (Å²) in [4.78, 5) is 14.0. The van der Waals surface area contributed by atoms with Crippen LogP contribution in [0, 0.1) is 5.92 Å². The van der Waals surface area contributed by atoms with Crippen LogP contribution >= 0.6 is 11.6 Å². The summed E-state index contributed by atoms with van der Waals surface area (Å²) in [6.45, 7) is 0. The SMILES string of the molecule is CN(C)c1ccc(Cl)cc1NC(=O)CC1CCS(=O)(=O)C1. The van der Waals surface area contributed by atoms with Crippen LogP contribution in [0.5, 0.6) is 0 Å². The molecule has 1 N–H and O–H groups in total. The molecule has 1 aliphatic rings. The van der Waals surface area contributed by atoms with Gasteiger partial charge in [-0.2, -0.15) is 0 Å². The van der Waals surface area contributed by atoms with E-state index in [0.29, 0.717) is 17.1 Å². The second-order valence-electron chi connectivity index (χ2n) is 5.58. The van der Waals surface area contributed by atoms with E-state index in [1.807, 2.05) is 25.1 Å². The Morgan fingerprint density at radius 2 is 2.14 bits per heavy atom. The lowest BCUT2D eigenvalue weighted by molar-refractivity contribution is -0.116. The fourth-order valence-electron chi connectivity index (χ4n) is 2.49. The summed E-state index contributed by atoms with van der Waals surface area (Å²) in [7, 11) is 0.803. The van der Waals surface area contributed by atoms with Crippen molar-refractivity contribution in [1.29, 1.82) is 0 Å². The number of anilines is 2. The second-order valence-corrected chi connectivity index (χ2v) is 8.24. The Morgan fingerprint density at radius 3 is 2.71 bits per heavy atom. The molecular weight excluding hydrogens is 312 g/mol. The van der Waals surface area contributed by atoms with Crippen molar-refractivity contribution in [2.75, 3.05) is 35.8 Å². The molecule has 1 aliphatic heterocycles. The maximum atomic E-state index is 12.1. The van der Waals surface area contributed by atoms with E-state index in [1.165, 1.54) is 0 Å². The van der Waals surface area contributed by atoms with E-state index in [2.05, 4.69) is 5.32 Å². The van der Waals surface area contributed by atoms with Gasteiger partial charge in [0, 0.05) is 25.5 Å². The predicted octanol–water partition coefficient (Wildman–Crippen LogP) is 2.17. The average molecular weight is 331 g/mol. The third-order valence-electron chi connectivity index (χ3n) is 3.52. The number of rotatable bonds is 4. The molecule has 1 amide bonds. The fourth-order valence-corrected chi connectivity index (χ4v) is 4.53. The molecule has 1 saturated heterocycles. The molecule has 1 heterocycles. The zero-order chi connectivity index (χ0) is 15.6. The van der Waals surface area contributed by atoms with Crippen molar-refractivity contribution in [1.82, 2.24) is 0 Å². The summed E-state index contributed by atoms with van der Waals surface area (Å²) >= 11 is 5.96. The van der Waals surface area contributed by atoms with Gasteiger partial charge in [0.2, 0.25) is 5.91 Å². The van der Waals surface area contributed by atoms with Crippen LogP contribution in [0.2, 0.25) is 5.02 Å². The standard InChI is InChI=1S/C14H19ClN2O3S/c1-17(2)13-4-3-11(15)8-12(13)16-14(18)7-10-5-6-21(19,20)9-10/h3-4,8,10H,5-7,9H2,1-2H3,(H,16,18). The summed E-state index contributed by atoms with van der Waals surface area (Å²) in [5.41, 5.74) is 1.49. The summed E-state index contributed by atoms with van der Waals surface area (Å²) in [6.07, 6.45) is 0.782. The van der Waals surface area contributed by atoms with Crippen molar-refractivity contribution in [2.45, 2.75) is 12.8 Å². The van der Waals surface area contributed by atoms with E-state index in [-0.39, 0.29) is 29.8 Å². The number of benzene rings is 1. The highest BCUT2D eigenvalue weighted by Gasteiger charge is 2.29. The molecule has 0 bridgehead atoms. The van der Waals surface area contributed by atoms with Crippen molar-refractivity contribution < 1.29 is 13.2 Å². The highest BCUT2D eigenvalue weighted by atomic mass is 35.5. The van der Waals surface area contributed by atoms with Gasteiger partial charge in [-0.05, 0) is 30.5 Å². The van der Waals surface area contributed by atoms with E-state index in [4.69, 9.17) is 11.6 Å². The van der Waals surface area contributed by atoms with E-state index in [9.17, 15) is 13.2 Å². The van der Waals surface area contributed by atoms with Gasteiger partial charge in [-0.1, -0.05) is 11.6 Å². The second kappa shape index (κ2) is 6.23. The van der Waals surface area contributed by atoms with Crippen LogP contribution in [-0.2, 0) is 14.6 Å². The van der Waals surface area contributed by atoms with Crippen molar-refractivity contribution >= 4 is 38.7 Å². The largest absolute Gasteiger partial charge is 0.376 e. The highest BCUT2D eigenvalue weighted by Crippen LogP contribution is 2.29. The number of halogens is 1. The van der Waals surface area contributed by atoms with Crippen molar-refractivity contribution in [3.8, 4) is 0 Å². The van der Waals surface area contributed by atoms with E-state index < -0.39 is 9.84 Å². The van der Waals surface area contributed by atoms with Crippen LogP contribution in [0.15, 0.2) is 18.2 Å². The quantitative estimate of drug-likeness (QED) is 0.918. The number of nitrogens with one attached hydrogen (secondary N) is 1. The van der Waals surface area contributed by atoms with Gasteiger partial charge in [0.1, 0.15) is 0 Å². The minimum atomic E-state index is -2.95. The lowest BCUT2D eigenvalue weighted by Gasteiger charge is -2.18. The molecule has 0 aromatic heterocycles. The van der Waals surface area contributed by atoms with E-state index >= 15 is 0 Å². The van der Waals surface area contributed by atoms with E-state index in [0.717, 1.165) is 5.69 Å². The van der Waals surface area contributed by atoms with Gasteiger partial charge < -0.3 is 10.2 Å². The fraction of sp³-hybridized carbons (Fsp3) is 0.500. The molecule has 21 heavy (non-hydrogen) atoms. The normalized spacial score (nSPS) is 20.2. The van der Waals surface area contributed by atoms with Crippen molar-refractivity contribution in [3.05, 3.63) is 23.2 Å². The zero-order valence-corrected chi connectivity index (χ0v) is 13.7. The summed E-state index contributed by atoms with van der Waals surface area (Å²) in [5.74, 6) is 0.0288. The number of amides is 1. The number of hydrogen-bond acceptors (Lipinski definition) is 4. The first kappa shape index (κ1) is 16.1. The summed E-state index contributed by atoms with van der Waals surface area (Å²) in [6, 6.07) is 5.29. The number of carbonyl (C=O) groups excluding carboxylic acids is 1. The Morgan fingerprint density at radius 1 is 1.43 bits per heavy atom. The van der Waals surface area contributed by atoms with Crippen molar-refractivity contribution in [2.24, 2.45) is 5.92 Å². The number of nitrogens with zero attached hydrogens (tertiary/aromatic N) is 1. The average Bonchev–Trinajstić information content (AvgIpc) is 2.67. The molecule has 2 rings (SSSR count). The lowest BCUT2D eigenvalue weighted by Crippen LogP contribution is -2.19. The molecule has 0 saturated carbocycles. The summed E-state index contributed by atoms with van der Waals surface area (Å²) < 4.78 is 22.8. The van der Waals surface area contributed by atoms with Crippen LogP contribution in [0.25, 0.3) is 0 Å². The topological polar surface area (TPSA) is 66.5 Å². The number of sulfone groups is 1. The van der Waals surface area contributed by atoms with Crippen molar-refractivity contribution in [3.63, 3.8) is 0 Å². The zero-order valence-electron chi connectivity index (χ0n) is 12.1. The molecule has 5 nitrogen and oxygen atoms in total. The van der Waals surface area contributed by atoms with Crippen LogP contribution < -0.4 is 10.2 Å². The molecule has 1 unspecified atom stereocenters. The third kappa shape index (κ3) is 4.35. The predicted molar refractivity (Wildman–Crippen MR) is 85.8 cm³/mol. The molecule has 7 heteroatoms. The molecule has 0 spiro atoms. The minimum absolute atomic E-state index is 0.0861. The van der Waals surface area contributed by atoms with Crippen LogP contribution in [0.1, 0.15) is 12.8 Å². The Kier molecular flexibility index (Phi) is 4.78.